The van der Waals surface area contributed by atoms with Crippen molar-refractivity contribution in [1.29, 1.82) is 0 Å². The van der Waals surface area contributed by atoms with Crippen molar-refractivity contribution in [2.24, 2.45) is 0 Å². The second-order valence-corrected chi connectivity index (χ2v) is 4.32. The van der Waals surface area contributed by atoms with Crippen LogP contribution in [0.3, 0.4) is 0 Å². The minimum atomic E-state index is -0.342. The molecule has 1 aliphatic rings. The first-order chi connectivity index (χ1) is 9.19. The molecule has 0 fully saturated rings. The van der Waals surface area contributed by atoms with Crippen molar-refractivity contribution < 1.29 is 14.6 Å². The van der Waals surface area contributed by atoms with Gasteiger partial charge >= 0.3 is 5.97 Å². The first kappa shape index (κ1) is 11.6. The summed E-state index contributed by atoms with van der Waals surface area (Å²) in [6.07, 6.45) is 1.72. The summed E-state index contributed by atoms with van der Waals surface area (Å²) in [7, 11) is 1.34. The fourth-order valence-electron chi connectivity index (χ4n) is 2.19. The van der Waals surface area contributed by atoms with Gasteiger partial charge in [-0.25, -0.2) is 9.55 Å². The molecule has 3 rings (SSSR count). The lowest BCUT2D eigenvalue weighted by molar-refractivity contribution is -0.140. The van der Waals surface area contributed by atoms with Crippen LogP contribution >= 0.6 is 0 Å². The standard InChI is InChI=1S/C13H13N3O3/c1-19-12(18)7-8-6-11(17)16-10-5-3-2-4-9(10)15-13(16)14-8/h2-6,8,17H,7H2,1H3,(H,14,15)/t8-/m1/s1. The number of ether oxygens (including phenoxy) is 1. The molecule has 0 spiro atoms. The Morgan fingerprint density at radius 3 is 3.11 bits per heavy atom. The number of hydrogen-bond acceptors (Lipinski definition) is 5. The summed E-state index contributed by atoms with van der Waals surface area (Å²) in [4.78, 5) is 15.7. The largest absolute Gasteiger partial charge is 0.494 e. The molecule has 0 amide bonds. The van der Waals surface area contributed by atoms with Gasteiger partial charge in [-0.1, -0.05) is 12.1 Å². The van der Waals surface area contributed by atoms with E-state index in [0.29, 0.717) is 5.95 Å². The number of fused-ring (bicyclic) bond motifs is 3. The lowest BCUT2D eigenvalue weighted by atomic mass is 10.2. The Morgan fingerprint density at radius 1 is 1.53 bits per heavy atom. The summed E-state index contributed by atoms with van der Waals surface area (Å²) < 4.78 is 6.23. The number of aliphatic hydroxyl groups excluding tert-OH is 1. The summed E-state index contributed by atoms with van der Waals surface area (Å²) in [5.41, 5.74) is 1.60. The van der Waals surface area contributed by atoms with Gasteiger partial charge in [0.25, 0.3) is 0 Å². The lowest BCUT2D eigenvalue weighted by Gasteiger charge is -2.21. The van der Waals surface area contributed by atoms with Gasteiger partial charge in [0.2, 0.25) is 5.95 Å². The second kappa shape index (κ2) is 4.31. The van der Waals surface area contributed by atoms with E-state index in [0.717, 1.165) is 11.0 Å². The van der Waals surface area contributed by atoms with Crippen LogP contribution in [0.5, 0.6) is 0 Å². The maximum atomic E-state index is 11.3. The molecule has 1 atom stereocenters. The minimum Gasteiger partial charge on any atom is -0.494 e. The van der Waals surface area contributed by atoms with Crippen LogP contribution in [-0.2, 0) is 9.53 Å². The van der Waals surface area contributed by atoms with Crippen LogP contribution < -0.4 is 5.32 Å². The van der Waals surface area contributed by atoms with Gasteiger partial charge in [-0.3, -0.25) is 4.79 Å². The number of benzene rings is 1. The Morgan fingerprint density at radius 2 is 2.32 bits per heavy atom. The van der Waals surface area contributed by atoms with Gasteiger partial charge in [-0.2, -0.15) is 0 Å². The third-order valence-electron chi connectivity index (χ3n) is 3.07. The summed E-state index contributed by atoms with van der Waals surface area (Å²) in [5.74, 6) is 0.248. The zero-order valence-corrected chi connectivity index (χ0v) is 10.3. The Labute approximate surface area is 109 Å². The molecule has 2 heterocycles. The normalized spacial score (nSPS) is 17.5. The van der Waals surface area contributed by atoms with E-state index >= 15 is 0 Å². The number of esters is 1. The van der Waals surface area contributed by atoms with E-state index in [2.05, 4.69) is 15.0 Å². The van der Waals surface area contributed by atoms with Crippen LogP contribution in [0.2, 0.25) is 0 Å². The van der Waals surface area contributed by atoms with E-state index < -0.39 is 0 Å². The number of carbonyl (C=O) groups excluding carboxylic acids is 1. The van der Waals surface area contributed by atoms with Crippen LogP contribution in [0.15, 0.2) is 30.3 Å². The zero-order valence-electron chi connectivity index (χ0n) is 10.3. The molecule has 2 N–H and O–H groups in total. The number of hydrogen-bond donors (Lipinski definition) is 2. The van der Waals surface area contributed by atoms with Crippen LogP contribution in [0.4, 0.5) is 5.95 Å². The molecule has 2 aromatic rings. The van der Waals surface area contributed by atoms with Gasteiger partial charge in [-0.15, -0.1) is 0 Å². The highest BCUT2D eigenvalue weighted by Gasteiger charge is 2.23. The van der Waals surface area contributed by atoms with Gasteiger partial charge in [0.1, 0.15) is 0 Å². The summed E-state index contributed by atoms with van der Waals surface area (Å²) >= 11 is 0. The molecule has 6 nitrogen and oxygen atoms in total. The Kier molecular flexibility index (Phi) is 2.63. The third kappa shape index (κ3) is 1.91. The molecule has 98 valence electrons. The highest BCUT2D eigenvalue weighted by molar-refractivity contribution is 5.83. The predicted molar refractivity (Wildman–Crippen MR) is 70.7 cm³/mol. The van der Waals surface area contributed by atoms with Crippen molar-refractivity contribution in [1.82, 2.24) is 9.55 Å². The minimum absolute atomic E-state index is 0.0661. The molecule has 0 bridgehead atoms. The number of nitrogens with zero attached hydrogens (tertiary/aromatic N) is 2. The molecule has 1 aromatic carbocycles. The van der Waals surface area contributed by atoms with E-state index in [4.69, 9.17) is 0 Å². The fraction of sp³-hybridized carbons (Fsp3) is 0.231. The van der Waals surface area contributed by atoms with Gasteiger partial charge < -0.3 is 15.2 Å². The molecule has 0 aliphatic carbocycles. The van der Waals surface area contributed by atoms with Crippen molar-refractivity contribution in [2.75, 3.05) is 12.4 Å². The van der Waals surface area contributed by atoms with E-state index in [1.54, 1.807) is 10.6 Å². The predicted octanol–water partition coefficient (Wildman–Crippen LogP) is 1.75. The molecule has 6 heteroatoms. The number of carbonyl (C=O) groups is 1. The van der Waals surface area contributed by atoms with Crippen LogP contribution in [0.25, 0.3) is 16.9 Å². The van der Waals surface area contributed by atoms with Gasteiger partial charge in [0.15, 0.2) is 5.88 Å². The fourth-order valence-corrected chi connectivity index (χ4v) is 2.19. The first-order valence-electron chi connectivity index (χ1n) is 5.91. The van der Waals surface area contributed by atoms with Crippen molar-refractivity contribution in [3.63, 3.8) is 0 Å². The molecule has 0 radical (unpaired) electrons. The maximum absolute atomic E-state index is 11.3. The van der Waals surface area contributed by atoms with Gasteiger partial charge in [0, 0.05) is 0 Å². The summed E-state index contributed by atoms with van der Waals surface area (Å²) in [5, 5.41) is 13.2. The molecule has 0 saturated carbocycles. The molecule has 1 aromatic heterocycles. The molecule has 0 saturated heterocycles. The number of nitrogens with one attached hydrogen (secondary N) is 1. The number of imidazole rings is 1. The van der Waals surface area contributed by atoms with Crippen molar-refractivity contribution in [2.45, 2.75) is 12.5 Å². The monoisotopic (exact) mass is 259 g/mol. The highest BCUT2D eigenvalue weighted by Crippen LogP contribution is 2.27. The average Bonchev–Trinajstić information content (AvgIpc) is 2.76. The molecular weight excluding hydrogens is 246 g/mol. The maximum Gasteiger partial charge on any atom is 0.307 e. The van der Waals surface area contributed by atoms with E-state index in [1.165, 1.54) is 7.11 Å². The summed E-state index contributed by atoms with van der Waals surface area (Å²) in [6.45, 7) is 0. The smallest absolute Gasteiger partial charge is 0.307 e. The number of aromatic nitrogens is 2. The average molecular weight is 259 g/mol. The molecule has 19 heavy (non-hydrogen) atoms. The molecule has 1 aliphatic heterocycles. The number of para-hydroxylation sites is 2. The lowest BCUT2D eigenvalue weighted by Crippen LogP contribution is -2.27. The van der Waals surface area contributed by atoms with E-state index in [-0.39, 0.29) is 24.3 Å². The van der Waals surface area contributed by atoms with Crippen LogP contribution in [0, 0.1) is 0 Å². The summed E-state index contributed by atoms with van der Waals surface area (Å²) in [6, 6.07) is 7.18. The number of aliphatic hydroxyl groups is 1. The topological polar surface area (TPSA) is 76.4 Å². The number of methoxy groups -OCH3 is 1. The van der Waals surface area contributed by atoms with Crippen molar-refractivity contribution >= 4 is 28.8 Å². The Balaban J connectivity index is 2.00. The van der Waals surface area contributed by atoms with Crippen LogP contribution in [-0.4, -0.2) is 33.8 Å². The highest BCUT2D eigenvalue weighted by atomic mass is 16.5. The van der Waals surface area contributed by atoms with Crippen molar-refractivity contribution in [3.8, 4) is 0 Å². The number of anilines is 1. The Hall–Kier alpha value is -2.50. The van der Waals surface area contributed by atoms with E-state index in [9.17, 15) is 9.90 Å². The van der Waals surface area contributed by atoms with Crippen LogP contribution in [0.1, 0.15) is 6.42 Å². The molecule has 0 unspecified atom stereocenters. The van der Waals surface area contributed by atoms with Gasteiger partial charge in [0.05, 0.1) is 30.6 Å². The quantitative estimate of drug-likeness (QED) is 0.803. The van der Waals surface area contributed by atoms with E-state index in [1.807, 2.05) is 24.3 Å². The third-order valence-corrected chi connectivity index (χ3v) is 3.07. The molecular formula is C13H13N3O3. The number of rotatable bonds is 2. The SMILES string of the molecule is COC(=O)C[C@H]1C=C(O)n2c(nc3ccccc32)N1. The first-order valence-corrected chi connectivity index (χ1v) is 5.91. The van der Waals surface area contributed by atoms with Crippen molar-refractivity contribution in [3.05, 3.63) is 30.3 Å². The Bertz CT molecular complexity index is 675. The zero-order chi connectivity index (χ0) is 13.4. The second-order valence-electron chi connectivity index (χ2n) is 4.32. The van der Waals surface area contributed by atoms with Gasteiger partial charge in [-0.05, 0) is 18.2 Å².